The van der Waals surface area contributed by atoms with E-state index >= 15 is 0 Å². The van der Waals surface area contributed by atoms with E-state index < -0.39 is 17.2 Å². The molecule has 0 N–H and O–H groups in total. The van der Waals surface area contributed by atoms with Gasteiger partial charge < -0.3 is 9.47 Å². The van der Waals surface area contributed by atoms with E-state index in [1.54, 1.807) is 17.9 Å². The van der Waals surface area contributed by atoms with Gasteiger partial charge in [0.15, 0.2) is 5.69 Å². The number of ether oxygens (including phenoxy) is 2. The third-order valence-corrected chi connectivity index (χ3v) is 2.86. The smallest absolute Gasteiger partial charge is 0.416 e. The lowest BCUT2D eigenvalue weighted by atomic mass is 10.1. The van der Waals surface area contributed by atoms with Gasteiger partial charge >= 0.3 is 6.09 Å². The Balaban J connectivity index is 3.30. The highest BCUT2D eigenvalue weighted by molar-refractivity contribution is 5.88. The number of anilines is 1. The summed E-state index contributed by atoms with van der Waals surface area (Å²) in [5, 5.41) is 13.3. The van der Waals surface area contributed by atoms with Gasteiger partial charge in [-0.3, -0.25) is 4.90 Å². The van der Waals surface area contributed by atoms with Gasteiger partial charge in [-0.15, -0.1) is 0 Å². The van der Waals surface area contributed by atoms with E-state index in [1.165, 1.54) is 4.90 Å². The zero-order chi connectivity index (χ0) is 17.8. The van der Waals surface area contributed by atoms with Crippen LogP contribution in [0.1, 0.15) is 47.2 Å². The molecular formula is C16H26N4O3. The number of methoxy groups -OCH3 is 1. The maximum Gasteiger partial charge on any atom is 0.416 e. The first kappa shape index (κ1) is 19.0. The predicted molar refractivity (Wildman–Crippen MR) is 87.3 cm³/mol. The Morgan fingerprint density at radius 3 is 2.39 bits per heavy atom. The molecule has 1 aromatic heterocycles. The first-order valence-electron chi connectivity index (χ1n) is 7.49. The Kier molecular flexibility index (Phi) is 5.78. The maximum absolute atomic E-state index is 12.7. The molecule has 0 radical (unpaired) electrons. The van der Waals surface area contributed by atoms with Gasteiger partial charge in [-0.1, -0.05) is 0 Å². The van der Waals surface area contributed by atoms with Crippen LogP contribution >= 0.6 is 0 Å². The van der Waals surface area contributed by atoms with Crippen molar-refractivity contribution >= 4 is 11.9 Å². The van der Waals surface area contributed by atoms with Gasteiger partial charge in [-0.2, -0.15) is 10.4 Å². The fourth-order valence-corrected chi connectivity index (χ4v) is 2.00. The highest BCUT2D eigenvalue weighted by atomic mass is 16.6. The molecule has 7 heteroatoms. The van der Waals surface area contributed by atoms with Crippen molar-refractivity contribution in [2.75, 3.05) is 18.6 Å². The van der Waals surface area contributed by atoms with Gasteiger partial charge in [-0.25, -0.2) is 9.48 Å². The largest absolute Gasteiger partial charge is 0.443 e. The molecule has 128 valence electrons. The van der Waals surface area contributed by atoms with Crippen molar-refractivity contribution < 1.29 is 14.3 Å². The van der Waals surface area contributed by atoms with Crippen molar-refractivity contribution in [1.29, 1.82) is 5.26 Å². The summed E-state index contributed by atoms with van der Waals surface area (Å²) in [6, 6.07) is 3.59. The van der Waals surface area contributed by atoms with Crippen molar-refractivity contribution in [3.63, 3.8) is 0 Å². The van der Waals surface area contributed by atoms with Crippen LogP contribution in [-0.2, 0) is 16.0 Å². The van der Waals surface area contributed by atoms with Crippen LogP contribution in [0.2, 0.25) is 0 Å². The number of rotatable bonds is 4. The molecule has 0 saturated carbocycles. The van der Waals surface area contributed by atoms with Crippen molar-refractivity contribution in [3.8, 4) is 6.07 Å². The van der Waals surface area contributed by atoms with Crippen LogP contribution in [0.15, 0.2) is 6.07 Å². The van der Waals surface area contributed by atoms with Crippen molar-refractivity contribution in [2.24, 2.45) is 0 Å². The average molecular weight is 322 g/mol. The monoisotopic (exact) mass is 322 g/mol. The SMILES string of the molecule is COCCn1nc(C#N)cc1N(C(=O)OC(C)(C)C)C(C)(C)C. The summed E-state index contributed by atoms with van der Waals surface area (Å²) in [6.45, 7) is 12.0. The fourth-order valence-electron chi connectivity index (χ4n) is 2.00. The molecule has 1 amide bonds. The van der Waals surface area contributed by atoms with Gasteiger partial charge in [0.05, 0.1) is 13.2 Å². The van der Waals surface area contributed by atoms with Crippen LogP contribution in [0.4, 0.5) is 10.6 Å². The normalized spacial score (nSPS) is 11.9. The van der Waals surface area contributed by atoms with Crippen LogP contribution in [0.25, 0.3) is 0 Å². The van der Waals surface area contributed by atoms with Gasteiger partial charge in [0, 0.05) is 18.7 Å². The Bertz CT molecular complexity index is 588. The molecule has 0 spiro atoms. The van der Waals surface area contributed by atoms with E-state index in [9.17, 15) is 4.79 Å². The van der Waals surface area contributed by atoms with Crippen molar-refractivity contribution in [2.45, 2.75) is 59.2 Å². The molecule has 0 aliphatic heterocycles. The van der Waals surface area contributed by atoms with Crippen LogP contribution in [0.5, 0.6) is 0 Å². The quantitative estimate of drug-likeness (QED) is 0.851. The number of aromatic nitrogens is 2. The molecule has 0 bridgehead atoms. The molecule has 0 aromatic carbocycles. The summed E-state index contributed by atoms with van der Waals surface area (Å²) in [7, 11) is 1.59. The minimum absolute atomic E-state index is 0.244. The number of nitrogens with zero attached hydrogens (tertiary/aromatic N) is 4. The minimum atomic E-state index is -0.615. The van der Waals surface area contributed by atoms with E-state index in [0.29, 0.717) is 19.0 Å². The molecule has 1 aromatic rings. The summed E-state index contributed by atoms with van der Waals surface area (Å²) < 4.78 is 12.2. The second kappa shape index (κ2) is 7.01. The van der Waals surface area contributed by atoms with E-state index in [0.717, 1.165) is 0 Å². The predicted octanol–water partition coefficient (Wildman–Crippen LogP) is 2.94. The summed E-state index contributed by atoms with van der Waals surface area (Å²) in [6.07, 6.45) is -0.479. The molecule has 23 heavy (non-hydrogen) atoms. The molecule has 0 atom stereocenters. The number of carbonyl (C=O) groups is 1. The standard InChI is InChI=1S/C16H26N4O3/c1-15(2,3)20(14(21)23-16(4,5)6)13-10-12(11-17)18-19(13)8-9-22-7/h10H,8-9H2,1-7H3. The molecule has 0 fully saturated rings. The number of amides is 1. The second-order valence-corrected chi connectivity index (χ2v) is 7.20. The average Bonchev–Trinajstić information content (AvgIpc) is 2.75. The third kappa shape index (κ3) is 5.25. The molecule has 0 aliphatic carbocycles. The second-order valence-electron chi connectivity index (χ2n) is 7.20. The highest BCUT2D eigenvalue weighted by Gasteiger charge is 2.34. The molecule has 0 unspecified atom stereocenters. The number of carbonyl (C=O) groups excluding carboxylic acids is 1. The first-order chi connectivity index (χ1) is 10.5. The topological polar surface area (TPSA) is 80.4 Å². The molecule has 1 heterocycles. The lowest BCUT2D eigenvalue weighted by Crippen LogP contribution is -2.49. The summed E-state index contributed by atoms with van der Waals surface area (Å²) in [4.78, 5) is 14.2. The van der Waals surface area contributed by atoms with E-state index in [4.69, 9.17) is 14.7 Å². The number of nitriles is 1. The van der Waals surface area contributed by atoms with Gasteiger partial charge in [-0.05, 0) is 41.5 Å². The zero-order valence-corrected chi connectivity index (χ0v) is 15.0. The third-order valence-electron chi connectivity index (χ3n) is 2.86. The van der Waals surface area contributed by atoms with E-state index in [2.05, 4.69) is 5.10 Å². The fraction of sp³-hybridized carbons (Fsp3) is 0.688. The molecule has 1 rings (SSSR count). The summed E-state index contributed by atoms with van der Waals surface area (Å²) >= 11 is 0. The van der Waals surface area contributed by atoms with Crippen molar-refractivity contribution in [3.05, 3.63) is 11.8 Å². The maximum atomic E-state index is 12.7. The minimum Gasteiger partial charge on any atom is -0.443 e. The zero-order valence-electron chi connectivity index (χ0n) is 15.0. The van der Waals surface area contributed by atoms with Crippen LogP contribution in [0, 0.1) is 11.3 Å². The summed E-state index contributed by atoms with van der Waals surface area (Å²) in [5.41, 5.74) is -0.912. The lowest BCUT2D eigenvalue weighted by molar-refractivity contribution is 0.0546. The van der Waals surface area contributed by atoms with E-state index in [-0.39, 0.29) is 5.69 Å². The molecule has 0 aliphatic rings. The van der Waals surface area contributed by atoms with Gasteiger partial charge in [0.25, 0.3) is 0 Å². The van der Waals surface area contributed by atoms with Crippen LogP contribution < -0.4 is 4.90 Å². The molecule has 7 nitrogen and oxygen atoms in total. The van der Waals surface area contributed by atoms with E-state index in [1.807, 2.05) is 47.6 Å². The Labute approximate surface area is 137 Å². The van der Waals surface area contributed by atoms with Gasteiger partial charge in [0.1, 0.15) is 17.5 Å². The first-order valence-corrected chi connectivity index (χ1v) is 7.49. The lowest BCUT2D eigenvalue weighted by Gasteiger charge is -2.36. The Morgan fingerprint density at radius 2 is 1.96 bits per heavy atom. The number of hydrogen-bond donors (Lipinski definition) is 0. The Hall–Kier alpha value is -2.07. The Morgan fingerprint density at radius 1 is 1.35 bits per heavy atom. The van der Waals surface area contributed by atoms with Crippen LogP contribution in [-0.4, -0.2) is 40.7 Å². The van der Waals surface area contributed by atoms with Crippen molar-refractivity contribution in [1.82, 2.24) is 9.78 Å². The molecule has 0 saturated heterocycles. The van der Waals surface area contributed by atoms with Crippen LogP contribution in [0.3, 0.4) is 0 Å². The number of hydrogen-bond acceptors (Lipinski definition) is 5. The highest BCUT2D eigenvalue weighted by Crippen LogP contribution is 2.27. The summed E-state index contributed by atoms with van der Waals surface area (Å²) in [5.74, 6) is 0.514. The molecular weight excluding hydrogens is 296 g/mol. The van der Waals surface area contributed by atoms with Gasteiger partial charge in [0.2, 0.25) is 0 Å².